The van der Waals surface area contributed by atoms with E-state index in [9.17, 15) is 0 Å². The minimum Gasteiger partial charge on any atom is -0.368 e. The van der Waals surface area contributed by atoms with Crippen LogP contribution in [0.15, 0.2) is 12.4 Å². The van der Waals surface area contributed by atoms with Gasteiger partial charge >= 0.3 is 0 Å². The minimum absolute atomic E-state index is 0.240. The summed E-state index contributed by atoms with van der Waals surface area (Å²) < 4.78 is 0. The Morgan fingerprint density at radius 1 is 1.28 bits per heavy atom. The van der Waals surface area contributed by atoms with E-state index in [2.05, 4.69) is 20.2 Å². The number of rotatable bonds is 4. The minimum atomic E-state index is -0.240. The summed E-state index contributed by atoms with van der Waals surface area (Å²) in [5.74, 6) is 1.87. The first-order valence-corrected chi connectivity index (χ1v) is 6.64. The van der Waals surface area contributed by atoms with E-state index < -0.39 is 0 Å². The second-order valence-corrected chi connectivity index (χ2v) is 5.65. The van der Waals surface area contributed by atoms with Crippen LogP contribution in [0.2, 0.25) is 0 Å². The molecule has 100 valence electrons. The molecule has 18 heavy (non-hydrogen) atoms. The topological polar surface area (TPSA) is 67.1 Å². The van der Waals surface area contributed by atoms with Crippen molar-refractivity contribution in [3.63, 3.8) is 0 Å². The molecule has 0 spiro atoms. The van der Waals surface area contributed by atoms with Crippen LogP contribution < -0.4 is 16.0 Å². The SMILES string of the molecule is CC(C)(N)CNc1cc(N2CCCCC2)ncn1. The van der Waals surface area contributed by atoms with Gasteiger partial charge in [-0.3, -0.25) is 0 Å². The van der Waals surface area contributed by atoms with Crippen LogP contribution in [0, 0.1) is 0 Å². The van der Waals surface area contributed by atoms with Gasteiger partial charge in [0.05, 0.1) is 0 Å². The molecule has 5 nitrogen and oxygen atoms in total. The lowest BCUT2D eigenvalue weighted by molar-refractivity contribution is 0.548. The molecule has 0 amide bonds. The van der Waals surface area contributed by atoms with Crippen LogP contribution in [-0.4, -0.2) is 35.1 Å². The largest absolute Gasteiger partial charge is 0.368 e. The van der Waals surface area contributed by atoms with Crippen LogP contribution in [0.4, 0.5) is 11.6 Å². The van der Waals surface area contributed by atoms with Crippen LogP contribution in [0.3, 0.4) is 0 Å². The lowest BCUT2D eigenvalue weighted by atomic mass is 10.1. The van der Waals surface area contributed by atoms with Crippen molar-refractivity contribution in [2.24, 2.45) is 5.73 Å². The summed E-state index contributed by atoms with van der Waals surface area (Å²) in [6.07, 6.45) is 5.45. The molecular weight excluding hydrogens is 226 g/mol. The summed E-state index contributed by atoms with van der Waals surface area (Å²) in [5, 5.41) is 3.26. The molecule has 1 aliphatic heterocycles. The fraction of sp³-hybridized carbons (Fsp3) is 0.692. The third-order valence-corrected chi connectivity index (χ3v) is 3.06. The molecule has 5 heteroatoms. The monoisotopic (exact) mass is 249 g/mol. The molecule has 1 aromatic heterocycles. The van der Waals surface area contributed by atoms with E-state index in [0.717, 1.165) is 24.7 Å². The van der Waals surface area contributed by atoms with Gasteiger partial charge in [0.1, 0.15) is 18.0 Å². The van der Waals surface area contributed by atoms with Crippen molar-refractivity contribution in [2.45, 2.75) is 38.6 Å². The third kappa shape index (κ3) is 3.84. The number of hydrogen-bond donors (Lipinski definition) is 2. The summed E-state index contributed by atoms with van der Waals surface area (Å²) >= 11 is 0. The first kappa shape index (κ1) is 13.1. The Bertz CT molecular complexity index is 379. The first-order valence-electron chi connectivity index (χ1n) is 6.64. The van der Waals surface area contributed by atoms with Gasteiger partial charge in [-0.2, -0.15) is 0 Å². The molecule has 1 saturated heterocycles. The molecule has 0 aliphatic carbocycles. The van der Waals surface area contributed by atoms with E-state index in [-0.39, 0.29) is 5.54 Å². The van der Waals surface area contributed by atoms with Crippen molar-refractivity contribution >= 4 is 11.6 Å². The molecule has 1 fully saturated rings. The summed E-state index contributed by atoms with van der Waals surface area (Å²) in [4.78, 5) is 10.9. The number of nitrogens with two attached hydrogens (primary N) is 1. The Morgan fingerprint density at radius 3 is 2.67 bits per heavy atom. The quantitative estimate of drug-likeness (QED) is 0.848. The zero-order valence-corrected chi connectivity index (χ0v) is 11.3. The third-order valence-electron chi connectivity index (χ3n) is 3.06. The van der Waals surface area contributed by atoms with Crippen molar-refractivity contribution in [3.05, 3.63) is 12.4 Å². The van der Waals surface area contributed by atoms with Gasteiger partial charge in [-0.1, -0.05) is 0 Å². The number of nitrogens with zero attached hydrogens (tertiary/aromatic N) is 3. The van der Waals surface area contributed by atoms with E-state index in [1.54, 1.807) is 6.33 Å². The average Bonchev–Trinajstić information content (AvgIpc) is 2.37. The van der Waals surface area contributed by atoms with Crippen molar-refractivity contribution in [1.29, 1.82) is 0 Å². The Hall–Kier alpha value is -1.36. The molecule has 1 aromatic rings. The highest BCUT2D eigenvalue weighted by molar-refractivity contribution is 5.48. The van der Waals surface area contributed by atoms with Crippen molar-refractivity contribution in [2.75, 3.05) is 29.9 Å². The van der Waals surface area contributed by atoms with Crippen molar-refractivity contribution in [3.8, 4) is 0 Å². The van der Waals surface area contributed by atoms with E-state index >= 15 is 0 Å². The molecule has 0 saturated carbocycles. The maximum atomic E-state index is 5.95. The van der Waals surface area contributed by atoms with Gasteiger partial charge in [0.2, 0.25) is 0 Å². The van der Waals surface area contributed by atoms with Gasteiger partial charge in [-0.25, -0.2) is 9.97 Å². The number of nitrogens with one attached hydrogen (secondary N) is 1. The van der Waals surface area contributed by atoms with Crippen molar-refractivity contribution < 1.29 is 0 Å². The maximum Gasteiger partial charge on any atom is 0.134 e. The number of anilines is 2. The highest BCUT2D eigenvalue weighted by Crippen LogP contribution is 2.19. The fourth-order valence-electron chi connectivity index (χ4n) is 2.06. The smallest absolute Gasteiger partial charge is 0.134 e. The van der Waals surface area contributed by atoms with Crippen LogP contribution in [0.5, 0.6) is 0 Å². The van der Waals surface area contributed by atoms with E-state index in [1.165, 1.54) is 19.3 Å². The number of hydrogen-bond acceptors (Lipinski definition) is 5. The molecule has 0 bridgehead atoms. The summed E-state index contributed by atoms with van der Waals surface area (Å²) in [7, 11) is 0. The van der Waals surface area contributed by atoms with E-state index in [4.69, 9.17) is 5.73 Å². The predicted octanol–water partition coefficient (Wildman–Crippen LogP) is 1.62. The van der Waals surface area contributed by atoms with Gasteiger partial charge in [0.15, 0.2) is 0 Å². The zero-order chi connectivity index (χ0) is 13.0. The lowest BCUT2D eigenvalue weighted by Gasteiger charge is -2.28. The number of piperidine rings is 1. The molecule has 2 rings (SSSR count). The molecule has 0 unspecified atom stereocenters. The average molecular weight is 249 g/mol. The second kappa shape index (κ2) is 5.52. The van der Waals surface area contributed by atoms with E-state index in [1.807, 2.05) is 19.9 Å². The van der Waals surface area contributed by atoms with Gasteiger partial charge in [0.25, 0.3) is 0 Å². The predicted molar refractivity (Wildman–Crippen MR) is 74.9 cm³/mol. The van der Waals surface area contributed by atoms with Crippen LogP contribution in [0.25, 0.3) is 0 Å². The van der Waals surface area contributed by atoms with Gasteiger partial charge in [0, 0.05) is 31.2 Å². The van der Waals surface area contributed by atoms with Crippen molar-refractivity contribution in [1.82, 2.24) is 9.97 Å². The van der Waals surface area contributed by atoms with Crippen LogP contribution >= 0.6 is 0 Å². The van der Waals surface area contributed by atoms with E-state index in [0.29, 0.717) is 6.54 Å². The molecule has 0 atom stereocenters. The highest BCUT2D eigenvalue weighted by atomic mass is 15.2. The summed E-state index contributed by atoms with van der Waals surface area (Å²) in [5.41, 5.74) is 5.71. The Kier molecular flexibility index (Phi) is 4.01. The molecule has 0 radical (unpaired) electrons. The summed E-state index contributed by atoms with van der Waals surface area (Å²) in [6, 6.07) is 2.01. The normalized spacial score (nSPS) is 16.7. The van der Waals surface area contributed by atoms with Gasteiger partial charge in [-0.05, 0) is 33.1 Å². The second-order valence-electron chi connectivity index (χ2n) is 5.65. The molecule has 0 aromatic carbocycles. The Morgan fingerprint density at radius 2 is 2.00 bits per heavy atom. The Balaban J connectivity index is 2.00. The van der Waals surface area contributed by atoms with Gasteiger partial charge < -0.3 is 16.0 Å². The molecule has 1 aliphatic rings. The standard InChI is InChI=1S/C13H23N5/c1-13(2,14)9-15-11-8-12(17-10-16-11)18-6-4-3-5-7-18/h8,10H,3-7,9,14H2,1-2H3,(H,15,16,17). The van der Waals surface area contributed by atoms with Crippen LogP contribution in [0.1, 0.15) is 33.1 Å². The molecule has 2 heterocycles. The van der Waals surface area contributed by atoms with Crippen LogP contribution in [-0.2, 0) is 0 Å². The first-order chi connectivity index (χ1) is 8.54. The number of aromatic nitrogens is 2. The molecular formula is C13H23N5. The summed E-state index contributed by atoms with van der Waals surface area (Å²) in [6.45, 7) is 6.88. The Labute approximate surface area is 109 Å². The maximum absolute atomic E-state index is 5.95. The molecule has 3 N–H and O–H groups in total. The highest BCUT2D eigenvalue weighted by Gasteiger charge is 2.14. The lowest BCUT2D eigenvalue weighted by Crippen LogP contribution is -2.39. The fourth-order valence-corrected chi connectivity index (χ4v) is 2.06. The zero-order valence-electron chi connectivity index (χ0n) is 11.3. The van der Waals surface area contributed by atoms with Gasteiger partial charge in [-0.15, -0.1) is 0 Å².